The molecule has 1 aliphatic heterocycles. The highest BCUT2D eigenvalue weighted by Gasteiger charge is 2.29. The average molecular weight is 452 g/mol. The minimum absolute atomic E-state index is 0.0478. The Morgan fingerprint density at radius 2 is 1.64 bits per heavy atom. The van der Waals surface area contributed by atoms with Gasteiger partial charge in [-0.15, -0.1) is 0 Å². The fourth-order valence-corrected chi connectivity index (χ4v) is 4.37. The van der Waals surface area contributed by atoms with Crippen molar-refractivity contribution >= 4 is 28.8 Å². The maximum Gasteiger partial charge on any atom is 0.320 e. The summed E-state index contributed by atoms with van der Waals surface area (Å²) in [6.45, 7) is 10.4. The van der Waals surface area contributed by atoms with Crippen LogP contribution in [0, 0.1) is 5.82 Å². The van der Waals surface area contributed by atoms with Crippen LogP contribution < -0.4 is 10.6 Å². The molecule has 174 valence electrons. The quantitative estimate of drug-likeness (QED) is 0.649. The number of urea groups is 1. The van der Waals surface area contributed by atoms with Crippen molar-refractivity contribution in [1.29, 1.82) is 0 Å². The van der Waals surface area contributed by atoms with Crippen LogP contribution in [0.2, 0.25) is 0 Å². The molecule has 0 saturated carbocycles. The SMILES string of the molecule is CC(C)N(C(=O)N1CCN(c2nc(N)nc3ccc(-c4ccccc4F)nc23)CC1)C(C)C. The number of fused-ring (bicyclic) bond motifs is 1. The van der Waals surface area contributed by atoms with E-state index in [-0.39, 0.29) is 29.9 Å². The van der Waals surface area contributed by atoms with Crippen molar-refractivity contribution in [1.82, 2.24) is 24.8 Å². The zero-order valence-electron chi connectivity index (χ0n) is 19.5. The molecule has 4 rings (SSSR count). The van der Waals surface area contributed by atoms with Gasteiger partial charge in [0.1, 0.15) is 11.3 Å². The molecule has 1 aliphatic rings. The molecule has 0 radical (unpaired) electrons. The van der Waals surface area contributed by atoms with Crippen molar-refractivity contribution in [2.75, 3.05) is 36.8 Å². The summed E-state index contributed by atoms with van der Waals surface area (Å²) in [7, 11) is 0. The number of hydrogen-bond acceptors (Lipinski definition) is 6. The predicted molar refractivity (Wildman–Crippen MR) is 128 cm³/mol. The Balaban J connectivity index is 1.62. The van der Waals surface area contributed by atoms with E-state index < -0.39 is 0 Å². The number of nitrogen functional groups attached to an aromatic ring is 1. The van der Waals surface area contributed by atoms with Crippen LogP contribution in [0.5, 0.6) is 0 Å². The van der Waals surface area contributed by atoms with Crippen LogP contribution >= 0.6 is 0 Å². The van der Waals surface area contributed by atoms with Crippen molar-refractivity contribution < 1.29 is 9.18 Å². The number of anilines is 2. The summed E-state index contributed by atoms with van der Waals surface area (Å²) in [5.41, 5.74) is 8.07. The van der Waals surface area contributed by atoms with Crippen molar-refractivity contribution in [2.45, 2.75) is 39.8 Å². The second kappa shape index (κ2) is 9.17. The molecular formula is C24H30FN7O. The number of carbonyl (C=O) groups is 1. The monoisotopic (exact) mass is 451 g/mol. The summed E-state index contributed by atoms with van der Waals surface area (Å²) in [5, 5.41) is 0. The van der Waals surface area contributed by atoms with Gasteiger partial charge >= 0.3 is 6.03 Å². The summed E-state index contributed by atoms with van der Waals surface area (Å²) in [5.74, 6) is 0.420. The lowest BCUT2D eigenvalue weighted by molar-refractivity contribution is 0.122. The number of halogens is 1. The van der Waals surface area contributed by atoms with Gasteiger partial charge in [0.25, 0.3) is 0 Å². The summed E-state index contributed by atoms with van der Waals surface area (Å²) < 4.78 is 14.3. The number of nitrogens with zero attached hydrogens (tertiary/aromatic N) is 6. The van der Waals surface area contributed by atoms with E-state index in [9.17, 15) is 9.18 Å². The van der Waals surface area contributed by atoms with Gasteiger partial charge in [-0.2, -0.15) is 4.98 Å². The second-order valence-electron chi connectivity index (χ2n) is 8.80. The van der Waals surface area contributed by atoms with Gasteiger partial charge in [-0.25, -0.2) is 19.2 Å². The number of piperazine rings is 1. The van der Waals surface area contributed by atoms with E-state index in [1.54, 1.807) is 30.3 Å². The number of pyridine rings is 1. The van der Waals surface area contributed by atoms with Crippen LogP contribution in [-0.4, -0.2) is 69.0 Å². The molecule has 2 amide bonds. The predicted octanol–water partition coefficient (Wildman–Crippen LogP) is 3.77. The highest BCUT2D eigenvalue weighted by molar-refractivity contribution is 5.89. The Hall–Kier alpha value is -3.49. The first-order valence-corrected chi connectivity index (χ1v) is 11.3. The normalized spacial score (nSPS) is 14.4. The molecule has 0 aliphatic carbocycles. The maximum absolute atomic E-state index is 14.3. The third-order valence-corrected chi connectivity index (χ3v) is 5.87. The molecule has 0 spiro atoms. The summed E-state index contributed by atoms with van der Waals surface area (Å²) in [6, 6.07) is 10.4. The number of nitrogens with two attached hydrogens (primary N) is 1. The van der Waals surface area contributed by atoms with Gasteiger partial charge < -0.3 is 20.4 Å². The van der Waals surface area contributed by atoms with Crippen LogP contribution in [0.3, 0.4) is 0 Å². The Bertz CT molecular complexity index is 1150. The molecule has 0 atom stereocenters. The van der Waals surface area contributed by atoms with Gasteiger partial charge in [-0.05, 0) is 52.0 Å². The molecule has 1 fully saturated rings. The van der Waals surface area contributed by atoms with Crippen molar-refractivity contribution in [2.24, 2.45) is 0 Å². The van der Waals surface area contributed by atoms with Crippen LogP contribution in [0.4, 0.5) is 21.0 Å². The fourth-order valence-electron chi connectivity index (χ4n) is 4.37. The minimum Gasteiger partial charge on any atom is -0.368 e. The highest BCUT2D eigenvalue weighted by atomic mass is 19.1. The van der Waals surface area contributed by atoms with E-state index >= 15 is 0 Å². The number of hydrogen-bond donors (Lipinski definition) is 1. The molecule has 1 saturated heterocycles. The molecule has 3 heterocycles. The molecule has 2 N–H and O–H groups in total. The Kier molecular flexibility index (Phi) is 6.31. The van der Waals surface area contributed by atoms with E-state index in [0.717, 1.165) is 0 Å². The van der Waals surface area contributed by atoms with Crippen molar-refractivity contribution in [3.63, 3.8) is 0 Å². The first kappa shape index (κ1) is 22.7. The van der Waals surface area contributed by atoms with E-state index in [1.165, 1.54) is 6.07 Å². The van der Waals surface area contributed by atoms with Crippen LogP contribution in [0.15, 0.2) is 36.4 Å². The zero-order valence-corrected chi connectivity index (χ0v) is 19.5. The van der Waals surface area contributed by atoms with E-state index in [2.05, 4.69) is 14.9 Å². The lowest BCUT2D eigenvalue weighted by atomic mass is 10.1. The van der Waals surface area contributed by atoms with E-state index in [0.29, 0.717) is 54.3 Å². The zero-order chi connectivity index (χ0) is 23.7. The van der Waals surface area contributed by atoms with E-state index in [1.807, 2.05) is 37.5 Å². The second-order valence-corrected chi connectivity index (χ2v) is 8.80. The topological polar surface area (TPSA) is 91.5 Å². The highest BCUT2D eigenvalue weighted by Crippen LogP contribution is 2.28. The third-order valence-electron chi connectivity index (χ3n) is 5.87. The first-order chi connectivity index (χ1) is 15.8. The Morgan fingerprint density at radius 1 is 0.970 bits per heavy atom. The van der Waals surface area contributed by atoms with Crippen molar-refractivity contribution in [3.05, 3.63) is 42.2 Å². The van der Waals surface area contributed by atoms with Gasteiger partial charge in [0.2, 0.25) is 5.95 Å². The maximum atomic E-state index is 14.3. The molecule has 0 bridgehead atoms. The molecular weight excluding hydrogens is 421 g/mol. The molecule has 1 aromatic carbocycles. The summed E-state index contributed by atoms with van der Waals surface area (Å²) in [4.78, 5) is 32.4. The van der Waals surface area contributed by atoms with Gasteiger partial charge in [0, 0.05) is 43.8 Å². The third kappa shape index (κ3) is 4.53. The number of rotatable bonds is 4. The molecule has 2 aromatic heterocycles. The van der Waals surface area contributed by atoms with Crippen LogP contribution in [0.25, 0.3) is 22.3 Å². The van der Waals surface area contributed by atoms with Gasteiger partial charge in [-0.3, -0.25) is 0 Å². The lowest BCUT2D eigenvalue weighted by Crippen LogP contribution is -2.56. The molecule has 8 nitrogen and oxygen atoms in total. The first-order valence-electron chi connectivity index (χ1n) is 11.3. The molecule has 0 unspecified atom stereocenters. The Labute approximate surface area is 193 Å². The average Bonchev–Trinajstić information content (AvgIpc) is 2.78. The minimum atomic E-state index is -0.339. The summed E-state index contributed by atoms with van der Waals surface area (Å²) in [6.07, 6.45) is 0. The van der Waals surface area contributed by atoms with Crippen molar-refractivity contribution in [3.8, 4) is 11.3 Å². The van der Waals surface area contributed by atoms with Crippen LogP contribution in [0.1, 0.15) is 27.7 Å². The largest absolute Gasteiger partial charge is 0.368 e. The summed E-state index contributed by atoms with van der Waals surface area (Å²) >= 11 is 0. The lowest BCUT2D eigenvalue weighted by Gasteiger charge is -2.40. The van der Waals surface area contributed by atoms with E-state index in [4.69, 9.17) is 10.7 Å². The smallest absolute Gasteiger partial charge is 0.320 e. The molecule has 3 aromatic rings. The number of amides is 2. The van der Waals surface area contributed by atoms with Gasteiger partial charge in [0.15, 0.2) is 5.82 Å². The number of aromatic nitrogens is 3. The Morgan fingerprint density at radius 3 is 2.27 bits per heavy atom. The van der Waals surface area contributed by atoms with Gasteiger partial charge in [-0.1, -0.05) is 12.1 Å². The molecule has 33 heavy (non-hydrogen) atoms. The fraction of sp³-hybridized carbons (Fsp3) is 0.417. The van der Waals surface area contributed by atoms with Crippen LogP contribution in [-0.2, 0) is 0 Å². The number of benzene rings is 1. The van der Waals surface area contributed by atoms with Gasteiger partial charge in [0.05, 0.1) is 11.2 Å². The standard InChI is InChI=1S/C24H30FN7O/c1-15(2)32(16(3)4)24(33)31-13-11-30(12-14-31)22-21-20(28-23(26)29-22)10-9-19(27-21)17-7-5-6-8-18(17)25/h5-10,15-16H,11-14H2,1-4H3,(H2,26,28,29). The number of carbonyl (C=O) groups excluding carboxylic acids is 1. The molecule has 9 heteroatoms.